The van der Waals surface area contributed by atoms with Crippen molar-refractivity contribution in [2.45, 2.75) is 6.92 Å². The highest BCUT2D eigenvalue weighted by atomic mass is 79.9. The molecule has 96 valence electrons. The molecule has 3 aromatic rings. The third-order valence-corrected chi connectivity index (χ3v) is 3.58. The van der Waals surface area contributed by atoms with Crippen LogP contribution >= 0.6 is 15.9 Å². The Kier molecular flexibility index (Phi) is 2.87. The predicted molar refractivity (Wildman–Crippen MR) is 75.9 cm³/mol. The van der Waals surface area contributed by atoms with E-state index in [0.29, 0.717) is 5.88 Å². The van der Waals surface area contributed by atoms with Crippen molar-refractivity contribution in [3.8, 4) is 16.8 Å². The van der Waals surface area contributed by atoms with E-state index in [1.54, 1.807) is 12.4 Å². The van der Waals surface area contributed by atoms with Gasteiger partial charge >= 0.3 is 0 Å². The van der Waals surface area contributed by atoms with Crippen LogP contribution in [0.2, 0.25) is 0 Å². The Morgan fingerprint density at radius 1 is 1.37 bits per heavy atom. The quantitative estimate of drug-likeness (QED) is 0.787. The third-order valence-electron chi connectivity index (χ3n) is 2.94. The molecular formula is C13H11BrN4O. The number of imidazole rings is 1. The van der Waals surface area contributed by atoms with E-state index in [4.69, 9.17) is 10.3 Å². The lowest BCUT2D eigenvalue weighted by atomic mass is 10.1. The van der Waals surface area contributed by atoms with Gasteiger partial charge in [-0.2, -0.15) is 0 Å². The summed E-state index contributed by atoms with van der Waals surface area (Å²) in [6.45, 7) is 1.96. The van der Waals surface area contributed by atoms with Crippen molar-refractivity contribution >= 4 is 21.8 Å². The van der Waals surface area contributed by atoms with Crippen molar-refractivity contribution in [1.29, 1.82) is 0 Å². The minimum absolute atomic E-state index is 0.318. The second-order valence-electron chi connectivity index (χ2n) is 4.11. The summed E-state index contributed by atoms with van der Waals surface area (Å²) < 4.78 is 7.83. The van der Waals surface area contributed by atoms with Crippen LogP contribution in [0.3, 0.4) is 0 Å². The Morgan fingerprint density at radius 3 is 2.79 bits per heavy atom. The molecular weight excluding hydrogens is 308 g/mol. The lowest BCUT2D eigenvalue weighted by molar-refractivity contribution is 0.436. The Labute approximate surface area is 118 Å². The summed E-state index contributed by atoms with van der Waals surface area (Å²) in [6, 6.07) is 5.96. The van der Waals surface area contributed by atoms with Crippen LogP contribution in [-0.4, -0.2) is 14.7 Å². The van der Waals surface area contributed by atoms with Gasteiger partial charge in [0.1, 0.15) is 5.82 Å². The number of halogens is 1. The van der Waals surface area contributed by atoms with E-state index in [9.17, 15) is 0 Å². The first kappa shape index (κ1) is 12.0. The molecule has 0 atom stereocenters. The average Bonchev–Trinajstić information content (AvgIpc) is 2.98. The van der Waals surface area contributed by atoms with Gasteiger partial charge in [0.05, 0.1) is 17.4 Å². The molecule has 2 heterocycles. The molecule has 0 radical (unpaired) electrons. The fraction of sp³-hybridized carbons (Fsp3) is 0.0769. The zero-order valence-electron chi connectivity index (χ0n) is 10.2. The Morgan fingerprint density at radius 2 is 2.21 bits per heavy atom. The van der Waals surface area contributed by atoms with Gasteiger partial charge in [0.25, 0.3) is 0 Å². The minimum Gasteiger partial charge on any atom is -0.367 e. The number of hydrogen-bond acceptors (Lipinski definition) is 4. The van der Waals surface area contributed by atoms with Crippen molar-refractivity contribution in [3.63, 3.8) is 0 Å². The topological polar surface area (TPSA) is 69.9 Å². The Balaban J connectivity index is 2.09. The smallest absolute Gasteiger partial charge is 0.229 e. The predicted octanol–water partition coefficient (Wildman–Crippen LogP) is 3.18. The third kappa shape index (κ3) is 2.04. The van der Waals surface area contributed by atoms with Crippen LogP contribution in [0.25, 0.3) is 16.8 Å². The SMILES string of the molecule is Cc1nccn1-c1ccc(-c2cnoc2N)cc1Br. The van der Waals surface area contributed by atoms with Crippen molar-refractivity contribution in [2.75, 3.05) is 5.73 Å². The summed E-state index contributed by atoms with van der Waals surface area (Å²) in [4.78, 5) is 4.22. The van der Waals surface area contributed by atoms with Crippen LogP contribution in [0.4, 0.5) is 5.88 Å². The summed E-state index contributed by atoms with van der Waals surface area (Å²) in [5, 5.41) is 3.68. The van der Waals surface area contributed by atoms with Gasteiger partial charge in [-0.15, -0.1) is 0 Å². The molecule has 0 spiro atoms. The van der Waals surface area contributed by atoms with E-state index >= 15 is 0 Å². The number of aryl methyl sites for hydroxylation is 1. The summed E-state index contributed by atoms with van der Waals surface area (Å²) in [5.74, 6) is 1.25. The number of hydrogen-bond donors (Lipinski definition) is 1. The Bertz CT molecular complexity index is 732. The summed E-state index contributed by atoms with van der Waals surface area (Å²) in [6.07, 6.45) is 5.30. The number of nitrogens with zero attached hydrogens (tertiary/aromatic N) is 3. The van der Waals surface area contributed by atoms with Gasteiger partial charge in [-0.25, -0.2) is 4.98 Å². The molecule has 0 saturated carbocycles. The van der Waals surface area contributed by atoms with Gasteiger partial charge in [-0.3, -0.25) is 0 Å². The van der Waals surface area contributed by atoms with Crippen molar-refractivity contribution in [3.05, 3.63) is 47.1 Å². The second kappa shape index (κ2) is 4.55. The first-order valence-corrected chi connectivity index (χ1v) is 6.46. The fourth-order valence-electron chi connectivity index (χ4n) is 1.97. The molecule has 2 aromatic heterocycles. The maximum Gasteiger partial charge on any atom is 0.229 e. The molecule has 0 unspecified atom stereocenters. The first-order chi connectivity index (χ1) is 9.16. The second-order valence-corrected chi connectivity index (χ2v) is 4.97. The molecule has 19 heavy (non-hydrogen) atoms. The van der Waals surface area contributed by atoms with Crippen molar-refractivity contribution < 1.29 is 4.52 Å². The summed E-state index contributed by atoms with van der Waals surface area (Å²) >= 11 is 3.57. The van der Waals surface area contributed by atoms with Gasteiger partial charge in [-0.05, 0) is 40.5 Å². The normalized spacial score (nSPS) is 10.8. The van der Waals surface area contributed by atoms with Crippen LogP contribution in [0.15, 0.2) is 45.8 Å². The zero-order chi connectivity index (χ0) is 13.4. The van der Waals surface area contributed by atoms with E-state index in [-0.39, 0.29) is 0 Å². The van der Waals surface area contributed by atoms with Gasteiger partial charge in [-0.1, -0.05) is 11.2 Å². The molecule has 0 aliphatic carbocycles. The van der Waals surface area contributed by atoms with Crippen LogP contribution in [0.5, 0.6) is 0 Å². The molecule has 0 aliphatic rings. The monoisotopic (exact) mass is 318 g/mol. The summed E-state index contributed by atoms with van der Waals surface area (Å²) in [5.41, 5.74) is 8.48. The molecule has 5 nitrogen and oxygen atoms in total. The van der Waals surface area contributed by atoms with Crippen LogP contribution in [-0.2, 0) is 0 Å². The van der Waals surface area contributed by atoms with E-state index in [0.717, 1.165) is 27.1 Å². The van der Waals surface area contributed by atoms with Gasteiger partial charge in [0.2, 0.25) is 5.88 Å². The van der Waals surface area contributed by atoms with Crippen LogP contribution < -0.4 is 5.73 Å². The van der Waals surface area contributed by atoms with Gasteiger partial charge in [0.15, 0.2) is 0 Å². The summed E-state index contributed by atoms with van der Waals surface area (Å²) in [7, 11) is 0. The molecule has 0 bridgehead atoms. The molecule has 0 saturated heterocycles. The number of nitrogens with two attached hydrogens (primary N) is 1. The number of aromatic nitrogens is 3. The van der Waals surface area contributed by atoms with Crippen LogP contribution in [0.1, 0.15) is 5.82 Å². The van der Waals surface area contributed by atoms with Gasteiger partial charge < -0.3 is 14.8 Å². The molecule has 1 aromatic carbocycles. The average molecular weight is 319 g/mol. The largest absolute Gasteiger partial charge is 0.367 e. The highest BCUT2D eigenvalue weighted by molar-refractivity contribution is 9.10. The minimum atomic E-state index is 0.318. The molecule has 0 amide bonds. The van der Waals surface area contributed by atoms with Gasteiger partial charge in [0, 0.05) is 16.9 Å². The van der Waals surface area contributed by atoms with E-state index in [2.05, 4.69) is 26.1 Å². The van der Waals surface area contributed by atoms with E-state index in [1.807, 2.05) is 35.9 Å². The molecule has 3 rings (SSSR count). The lowest BCUT2D eigenvalue weighted by Crippen LogP contribution is -1.97. The standard InChI is InChI=1S/C13H11BrN4O/c1-8-16-4-5-18(8)12-3-2-9(6-11(12)14)10-7-17-19-13(10)15/h2-7H,15H2,1H3. The number of benzene rings is 1. The first-order valence-electron chi connectivity index (χ1n) is 5.67. The molecule has 6 heteroatoms. The van der Waals surface area contributed by atoms with Crippen LogP contribution in [0, 0.1) is 6.92 Å². The Hall–Kier alpha value is -2.08. The van der Waals surface area contributed by atoms with E-state index < -0.39 is 0 Å². The molecule has 0 aliphatic heterocycles. The molecule has 2 N–H and O–H groups in total. The molecule has 0 fully saturated rings. The number of nitrogen functional groups attached to an aromatic ring is 1. The van der Waals surface area contributed by atoms with E-state index in [1.165, 1.54) is 0 Å². The van der Waals surface area contributed by atoms with Crippen molar-refractivity contribution in [1.82, 2.24) is 14.7 Å². The van der Waals surface area contributed by atoms with Crippen molar-refractivity contribution in [2.24, 2.45) is 0 Å². The number of rotatable bonds is 2. The fourth-order valence-corrected chi connectivity index (χ4v) is 2.54. The highest BCUT2D eigenvalue weighted by Crippen LogP contribution is 2.31. The number of anilines is 1. The zero-order valence-corrected chi connectivity index (χ0v) is 11.8. The maximum absolute atomic E-state index is 5.72. The lowest BCUT2D eigenvalue weighted by Gasteiger charge is -2.09. The highest BCUT2D eigenvalue weighted by Gasteiger charge is 2.11. The maximum atomic E-state index is 5.72.